The molecule has 88 valence electrons. The molecule has 1 fully saturated rings. The molecule has 1 N–H and O–H groups in total. The quantitative estimate of drug-likeness (QED) is 0.730. The largest absolute Gasteiger partial charge is 0.316 e. The molecular formula is C12H14F3N. The van der Waals surface area contributed by atoms with Crippen molar-refractivity contribution in [2.45, 2.75) is 19.3 Å². The maximum atomic E-state index is 13.5. The summed E-state index contributed by atoms with van der Waals surface area (Å²) in [7, 11) is 0. The molecule has 0 spiro atoms. The van der Waals surface area contributed by atoms with Gasteiger partial charge in [-0.1, -0.05) is 6.92 Å². The second-order valence-corrected chi connectivity index (χ2v) is 4.48. The van der Waals surface area contributed by atoms with Gasteiger partial charge in [-0.3, -0.25) is 0 Å². The molecule has 1 heterocycles. The van der Waals surface area contributed by atoms with Crippen molar-refractivity contribution in [3.63, 3.8) is 0 Å². The molecule has 0 radical (unpaired) electrons. The van der Waals surface area contributed by atoms with Crippen LogP contribution in [-0.2, 0) is 0 Å². The third kappa shape index (κ3) is 2.21. The highest BCUT2D eigenvalue weighted by Crippen LogP contribution is 2.29. The lowest BCUT2D eigenvalue weighted by Crippen LogP contribution is -2.34. The van der Waals surface area contributed by atoms with Crippen LogP contribution in [0.15, 0.2) is 12.1 Å². The first kappa shape index (κ1) is 11.5. The molecule has 1 aromatic rings. The Balaban J connectivity index is 2.29. The van der Waals surface area contributed by atoms with Gasteiger partial charge in [-0.2, -0.15) is 0 Å². The van der Waals surface area contributed by atoms with Crippen LogP contribution in [0.4, 0.5) is 13.2 Å². The zero-order valence-electron chi connectivity index (χ0n) is 9.06. The summed E-state index contributed by atoms with van der Waals surface area (Å²) in [6, 6.07) is 1.61. The molecule has 0 bridgehead atoms. The molecule has 1 nitrogen and oxygen atoms in total. The van der Waals surface area contributed by atoms with E-state index in [9.17, 15) is 13.2 Å². The van der Waals surface area contributed by atoms with E-state index < -0.39 is 17.5 Å². The zero-order valence-corrected chi connectivity index (χ0v) is 9.06. The van der Waals surface area contributed by atoms with E-state index in [0.29, 0.717) is 18.5 Å². The molecule has 2 rings (SSSR count). The highest BCUT2D eigenvalue weighted by Gasteiger charge is 2.23. The summed E-state index contributed by atoms with van der Waals surface area (Å²) in [6.45, 7) is 3.56. The van der Waals surface area contributed by atoms with E-state index in [4.69, 9.17) is 0 Å². The summed E-state index contributed by atoms with van der Waals surface area (Å²) in [4.78, 5) is 0. The average molecular weight is 229 g/mol. The molecule has 16 heavy (non-hydrogen) atoms. The van der Waals surface area contributed by atoms with Crippen molar-refractivity contribution in [1.82, 2.24) is 5.32 Å². The topological polar surface area (TPSA) is 12.0 Å². The maximum absolute atomic E-state index is 13.5. The van der Waals surface area contributed by atoms with E-state index in [1.165, 1.54) is 0 Å². The van der Waals surface area contributed by atoms with Crippen LogP contribution < -0.4 is 5.32 Å². The Hall–Kier alpha value is -1.03. The van der Waals surface area contributed by atoms with Crippen LogP contribution in [0.3, 0.4) is 0 Å². The van der Waals surface area contributed by atoms with Gasteiger partial charge in [0.25, 0.3) is 0 Å². The van der Waals surface area contributed by atoms with Gasteiger partial charge in [-0.05, 0) is 36.4 Å². The van der Waals surface area contributed by atoms with Gasteiger partial charge in [0.05, 0.1) is 0 Å². The number of nitrogens with one attached hydrogen (secondary N) is 1. The molecule has 0 aliphatic carbocycles. The number of piperidine rings is 1. The van der Waals surface area contributed by atoms with E-state index in [-0.39, 0.29) is 11.5 Å². The fourth-order valence-electron chi connectivity index (χ4n) is 2.24. The Morgan fingerprint density at radius 1 is 1.06 bits per heavy atom. The first-order valence-electron chi connectivity index (χ1n) is 5.43. The predicted molar refractivity (Wildman–Crippen MR) is 55.7 cm³/mol. The SMILES string of the molecule is CC1CNCC(c2cc(F)c(F)cc2F)C1. The molecule has 2 unspecified atom stereocenters. The highest BCUT2D eigenvalue weighted by molar-refractivity contribution is 5.24. The van der Waals surface area contributed by atoms with Crippen LogP contribution in [0, 0.1) is 23.4 Å². The lowest BCUT2D eigenvalue weighted by Gasteiger charge is -2.28. The molecule has 2 atom stereocenters. The van der Waals surface area contributed by atoms with Crippen LogP contribution in [-0.4, -0.2) is 13.1 Å². The van der Waals surface area contributed by atoms with Crippen LogP contribution in [0.2, 0.25) is 0 Å². The second-order valence-electron chi connectivity index (χ2n) is 4.48. The van der Waals surface area contributed by atoms with Crippen molar-refractivity contribution in [3.8, 4) is 0 Å². The van der Waals surface area contributed by atoms with Crippen LogP contribution >= 0.6 is 0 Å². The Morgan fingerprint density at radius 2 is 1.75 bits per heavy atom. The standard InChI is InChI=1S/C12H14F3N/c1-7-2-8(6-16-5-7)9-3-11(14)12(15)4-10(9)13/h3-4,7-8,16H,2,5-6H2,1H3. The lowest BCUT2D eigenvalue weighted by molar-refractivity contribution is 0.355. The van der Waals surface area contributed by atoms with Crippen LogP contribution in [0.5, 0.6) is 0 Å². The number of rotatable bonds is 1. The zero-order chi connectivity index (χ0) is 11.7. The molecular weight excluding hydrogens is 215 g/mol. The monoisotopic (exact) mass is 229 g/mol. The smallest absolute Gasteiger partial charge is 0.161 e. The minimum absolute atomic E-state index is 0.0705. The van der Waals surface area contributed by atoms with Gasteiger partial charge in [0.15, 0.2) is 11.6 Å². The van der Waals surface area contributed by atoms with Crippen molar-refractivity contribution in [2.24, 2.45) is 5.92 Å². The minimum Gasteiger partial charge on any atom is -0.316 e. The van der Waals surface area contributed by atoms with Crippen LogP contribution in [0.25, 0.3) is 0 Å². The fraction of sp³-hybridized carbons (Fsp3) is 0.500. The number of hydrogen-bond donors (Lipinski definition) is 1. The van der Waals surface area contributed by atoms with Gasteiger partial charge in [0.2, 0.25) is 0 Å². The summed E-state index contributed by atoms with van der Waals surface area (Å²) < 4.78 is 39.3. The van der Waals surface area contributed by atoms with E-state index in [1.54, 1.807) is 0 Å². The lowest BCUT2D eigenvalue weighted by atomic mass is 9.86. The molecule has 1 aliphatic rings. The average Bonchev–Trinajstić information content (AvgIpc) is 2.23. The number of halogens is 3. The highest BCUT2D eigenvalue weighted by atomic mass is 19.2. The van der Waals surface area contributed by atoms with Gasteiger partial charge < -0.3 is 5.32 Å². The third-order valence-electron chi connectivity index (χ3n) is 3.05. The van der Waals surface area contributed by atoms with Crippen molar-refractivity contribution in [1.29, 1.82) is 0 Å². The molecule has 1 aromatic carbocycles. The summed E-state index contributed by atoms with van der Waals surface area (Å²) in [5.41, 5.74) is 0.276. The molecule has 4 heteroatoms. The number of hydrogen-bond acceptors (Lipinski definition) is 1. The molecule has 0 aromatic heterocycles. The molecule has 1 saturated heterocycles. The van der Waals surface area contributed by atoms with E-state index in [2.05, 4.69) is 12.2 Å². The van der Waals surface area contributed by atoms with Crippen molar-refractivity contribution in [2.75, 3.05) is 13.1 Å². The van der Waals surface area contributed by atoms with Crippen molar-refractivity contribution >= 4 is 0 Å². The van der Waals surface area contributed by atoms with E-state index in [1.807, 2.05) is 0 Å². The summed E-state index contributed by atoms with van der Waals surface area (Å²) in [6.07, 6.45) is 0.801. The van der Waals surface area contributed by atoms with Gasteiger partial charge in [0, 0.05) is 12.6 Å². The summed E-state index contributed by atoms with van der Waals surface area (Å²) in [5.74, 6) is -2.40. The number of benzene rings is 1. The Bertz CT molecular complexity index is 392. The molecule has 0 saturated carbocycles. The molecule has 0 amide bonds. The van der Waals surface area contributed by atoms with Gasteiger partial charge in [-0.25, -0.2) is 13.2 Å². The Morgan fingerprint density at radius 3 is 2.44 bits per heavy atom. The minimum atomic E-state index is -1.13. The van der Waals surface area contributed by atoms with E-state index in [0.717, 1.165) is 19.0 Å². The first-order valence-corrected chi connectivity index (χ1v) is 5.43. The van der Waals surface area contributed by atoms with Gasteiger partial charge >= 0.3 is 0 Å². The Labute approximate surface area is 92.7 Å². The normalized spacial score (nSPS) is 25.8. The van der Waals surface area contributed by atoms with Gasteiger partial charge in [-0.15, -0.1) is 0 Å². The first-order chi connectivity index (χ1) is 7.58. The summed E-state index contributed by atoms with van der Waals surface area (Å²) in [5, 5.41) is 3.16. The van der Waals surface area contributed by atoms with E-state index >= 15 is 0 Å². The predicted octanol–water partition coefficient (Wildman–Crippen LogP) is 2.82. The van der Waals surface area contributed by atoms with Crippen LogP contribution in [0.1, 0.15) is 24.8 Å². The maximum Gasteiger partial charge on any atom is 0.161 e. The van der Waals surface area contributed by atoms with Crippen molar-refractivity contribution in [3.05, 3.63) is 35.1 Å². The third-order valence-corrected chi connectivity index (χ3v) is 3.05. The second kappa shape index (κ2) is 4.45. The fourth-order valence-corrected chi connectivity index (χ4v) is 2.24. The Kier molecular flexibility index (Phi) is 3.19. The molecule has 1 aliphatic heterocycles. The van der Waals surface area contributed by atoms with Gasteiger partial charge in [0.1, 0.15) is 5.82 Å². The van der Waals surface area contributed by atoms with Crippen molar-refractivity contribution < 1.29 is 13.2 Å². The summed E-state index contributed by atoms with van der Waals surface area (Å²) >= 11 is 0.